The molecule has 0 aromatic heterocycles. The lowest BCUT2D eigenvalue weighted by Crippen LogP contribution is -2.27. The first-order valence-corrected chi connectivity index (χ1v) is 18.4. The van der Waals surface area contributed by atoms with Crippen molar-refractivity contribution in [2.75, 3.05) is 0 Å². The monoisotopic (exact) mass is 678 g/mol. The third-order valence-electron chi connectivity index (χ3n) is 9.26. The Morgan fingerprint density at radius 1 is 0.488 bits per heavy atom. The van der Waals surface area contributed by atoms with Crippen molar-refractivity contribution >= 4 is 31.9 Å². The first-order chi connectivity index (χ1) is 20.0. The number of halogens is 2. The summed E-state index contributed by atoms with van der Waals surface area (Å²) in [6.07, 6.45) is 22.0. The van der Waals surface area contributed by atoms with E-state index in [0.717, 1.165) is 0 Å². The van der Waals surface area contributed by atoms with Gasteiger partial charge in [0, 0.05) is 14.4 Å². The van der Waals surface area contributed by atoms with E-state index < -0.39 is 0 Å². The molecule has 0 spiro atoms. The zero-order valence-corrected chi connectivity index (χ0v) is 29.1. The lowest BCUT2D eigenvalue weighted by Gasteiger charge is -2.34. The molecule has 0 saturated heterocycles. The van der Waals surface area contributed by atoms with Gasteiger partial charge in [-0.1, -0.05) is 160 Å². The number of fused-ring (bicyclic) bond motifs is 3. The summed E-state index contributed by atoms with van der Waals surface area (Å²) in [4.78, 5) is 0. The number of unbranched alkanes of at least 4 members (excludes halogenated alkanes) is 11. The molecule has 0 nitrogen and oxygen atoms in total. The molecule has 1 aliphatic rings. The predicted molar refractivity (Wildman–Crippen MR) is 187 cm³/mol. The summed E-state index contributed by atoms with van der Waals surface area (Å²) in [6, 6.07) is 21.8. The maximum absolute atomic E-state index is 3.88. The van der Waals surface area contributed by atoms with Gasteiger partial charge in [-0.05, 0) is 95.3 Å². The average molecular weight is 681 g/mol. The van der Waals surface area contributed by atoms with E-state index in [9.17, 15) is 0 Å². The summed E-state index contributed by atoms with van der Waals surface area (Å²) in [7, 11) is 0. The normalized spacial score (nSPS) is 13.4. The Labute approximate surface area is 268 Å². The fraction of sp³-hybridized carbons (Fsp3) is 0.538. The zero-order chi connectivity index (χ0) is 29.1. The van der Waals surface area contributed by atoms with Crippen LogP contribution in [0.2, 0.25) is 0 Å². The summed E-state index contributed by atoms with van der Waals surface area (Å²) in [5, 5.41) is 0. The summed E-state index contributed by atoms with van der Waals surface area (Å²) in [5.74, 6) is 0. The van der Waals surface area contributed by atoms with Gasteiger partial charge >= 0.3 is 0 Å². The second kappa shape index (κ2) is 16.5. The molecule has 0 aliphatic heterocycles. The van der Waals surface area contributed by atoms with Crippen molar-refractivity contribution in [3.8, 4) is 11.1 Å². The van der Waals surface area contributed by atoms with Gasteiger partial charge in [-0.15, -0.1) is 0 Å². The van der Waals surface area contributed by atoms with Crippen molar-refractivity contribution < 1.29 is 0 Å². The van der Waals surface area contributed by atoms with Crippen LogP contribution in [0.4, 0.5) is 0 Å². The standard InChI is InChI=1S/C39H52Br2/c1-4-7-10-13-14-17-24-39(37-28-33(40)20-22-35(37)36-23-21-34(41)29-38(36)39)32-26-30(18-15-11-8-5-2)25-31(27-32)19-16-12-9-6-3/h20-23,25-29H,4-19,24H2,1-3H3. The molecule has 3 aromatic carbocycles. The number of rotatable bonds is 18. The van der Waals surface area contributed by atoms with E-state index in [1.807, 2.05) is 0 Å². The van der Waals surface area contributed by atoms with Crippen LogP contribution >= 0.6 is 31.9 Å². The van der Waals surface area contributed by atoms with Gasteiger partial charge in [-0.3, -0.25) is 0 Å². The molecule has 0 saturated carbocycles. The van der Waals surface area contributed by atoms with Crippen molar-refractivity contribution in [2.45, 2.75) is 135 Å². The van der Waals surface area contributed by atoms with Crippen LogP contribution in [0.5, 0.6) is 0 Å². The average Bonchev–Trinajstić information content (AvgIpc) is 3.24. The second-order valence-electron chi connectivity index (χ2n) is 12.5. The maximum atomic E-state index is 3.88. The van der Waals surface area contributed by atoms with Gasteiger partial charge in [0.05, 0.1) is 0 Å². The largest absolute Gasteiger partial charge is 0.0654 e. The quantitative estimate of drug-likeness (QED) is 0.117. The van der Waals surface area contributed by atoms with Crippen molar-refractivity contribution in [3.63, 3.8) is 0 Å². The van der Waals surface area contributed by atoms with Gasteiger partial charge in [0.25, 0.3) is 0 Å². The number of aryl methyl sites for hydroxylation is 2. The Morgan fingerprint density at radius 3 is 1.41 bits per heavy atom. The van der Waals surface area contributed by atoms with Crippen LogP contribution in [0, 0.1) is 0 Å². The summed E-state index contributed by atoms with van der Waals surface area (Å²) in [6.45, 7) is 6.94. The lowest BCUT2D eigenvalue weighted by atomic mass is 9.68. The number of benzene rings is 3. The van der Waals surface area contributed by atoms with Gasteiger partial charge in [-0.2, -0.15) is 0 Å². The summed E-state index contributed by atoms with van der Waals surface area (Å²) >= 11 is 7.75. The lowest BCUT2D eigenvalue weighted by molar-refractivity contribution is 0.505. The molecule has 4 rings (SSSR count). The fourth-order valence-corrected chi connectivity index (χ4v) is 7.78. The van der Waals surface area contributed by atoms with Crippen molar-refractivity contribution in [1.29, 1.82) is 0 Å². The Kier molecular flexibility index (Phi) is 13.1. The minimum atomic E-state index is -0.111. The minimum Gasteiger partial charge on any atom is -0.0654 e. The smallest absolute Gasteiger partial charge is 0.0464 e. The van der Waals surface area contributed by atoms with Crippen LogP contribution in [-0.2, 0) is 18.3 Å². The van der Waals surface area contributed by atoms with Crippen LogP contribution in [0.25, 0.3) is 11.1 Å². The van der Waals surface area contributed by atoms with Crippen molar-refractivity contribution in [3.05, 3.63) is 91.4 Å². The molecular weight excluding hydrogens is 628 g/mol. The highest BCUT2D eigenvalue weighted by atomic mass is 79.9. The second-order valence-corrected chi connectivity index (χ2v) is 14.3. The fourth-order valence-electron chi connectivity index (χ4n) is 7.06. The predicted octanol–water partition coefficient (Wildman–Crippen LogP) is 13.5. The van der Waals surface area contributed by atoms with Crippen LogP contribution in [0.3, 0.4) is 0 Å². The van der Waals surface area contributed by atoms with E-state index in [1.165, 1.54) is 146 Å². The van der Waals surface area contributed by atoms with Crippen LogP contribution in [0.15, 0.2) is 63.5 Å². The molecule has 222 valence electrons. The first-order valence-electron chi connectivity index (χ1n) is 16.8. The Bertz CT molecular complexity index is 1160. The molecule has 0 unspecified atom stereocenters. The molecule has 0 fully saturated rings. The van der Waals surface area contributed by atoms with E-state index in [0.29, 0.717) is 0 Å². The first kappa shape index (κ1) is 32.5. The minimum absolute atomic E-state index is 0.111. The SMILES string of the molecule is CCCCCCCCC1(c2cc(CCCCCC)cc(CCCCCC)c2)c2cc(Br)ccc2-c2ccc(Br)cc21. The third-order valence-corrected chi connectivity index (χ3v) is 10.2. The highest BCUT2D eigenvalue weighted by Crippen LogP contribution is 2.56. The van der Waals surface area contributed by atoms with E-state index in [1.54, 1.807) is 11.1 Å². The Morgan fingerprint density at radius 2 is 0.927 bits per heavy atom. The van der Waals surface area contributed by atoms with Crippen LogP contribution < -0.4 is 0 Å². The van der Waals surface area contributed by atoms with Gasteiger partial charge in [0.1, 0.15) is 0 Å². The third kappa shape index (κ3) is 8.17. The summed E-state index contributed by atoms with van der Waals surface area (Å²) < 4.78 is 2.37. The van der Waals surface area contributed by atoms with Gasteiger partial charge in [0.15, 0.2) is 0 Å². The molecule has 0 atom stereocenters. The molecule has 0 N–H and O–H groups in total. The summed E-state index contributed by atoms with van der Waals surface area (Å²) in [5.41, 5.74) is 10.3. The number of hydrogen-bond donors (Lipinski definition) is 0. The van der Waals surface area contributed by atoms with E-state index in [-0.39, 0.29) is 5.41 Å². The highest BCUT2D eigenvalue weighted by molar-refractivity contribution is 9.10. The molecular formula is C39H52Br2. The van der Waals surface area contributed by atoms with Crippen LogP contribution in [0.1, 0.15) is 145 Å². The van der Waals surface area contributed by atoms with Crippen molar-refractivity contribution in [1.82, 2.24) is 0 Å². The van der Waals surface area contributed by atoms with E-state index in [4.69, 9.17) is 0 Å². The Balaban J connectivity index is 1.82. The molecule has 0 amide bonds. The molecule has 0 heterocycles. The highest BCUT2D eigenvalue weighted by Gasteiger charge is 2.44. The topological polar surface area (TPSA) is 0 Å². The van der Waals surface area contributed by atoms with Gasteiger partial charge in [-0.25, -0.2) is 0 Å². The zero-order valence-electron chi connectivity index (χ0n) is 26.0. The van der Waals surface area contributed by atoms with E-state index in [2.05, 4.69) is 107 Å². The van der Waals surface area contributed by atoms with Crippen LogP contribution in [-0.4, -0.2) is 0 Å². The van der Waals surface area contributed by atoms with E-state index >= 15 is 0 Å². The molecule has 0 bridgehead atoms. The van der Waals surface area contributed by atoms with Crippen molar-refractivity contribution in [2.24, 2.45) is 0 Å². The molecule has 3 aromatic rings. The molecule has 1 aliphatic carbocycles. The molecule has 0 radical (unpaired) electrons. The van der Waals surface area contributed by atoms with Gasteiger partial charge in [0.2, 0.25) is 0 Å². The van der Waals surface area contributed by atoms with Gasteiger partial charge < -0.3 is 0 Å². The molecule has 2 heteroatoms. The molecule has 41 heavy (non-hydrogen) atoms. The number of hydrogen-bond acceptors (Lipinski definition) is 0. The maximum Gasteiger partial charge on any atom is 0.0464 e. The Hall–Kier alpha value is -1.38.